The van der Waals surface area contributed by atoms with Crippen LogP contribution >= 0.6 is 11.3 Å². The maximum absolute atomic E-state index is 12.8. The van der Waals surface area contributed by atoms with E-state index in [9.17, 15) is 35.9 Å². The molecular weight excluding hydrogens is 388 g/mol. The van der Waals surface area contributed by atoms with Gasteiger partial charge in [-0.2, -0.15) is 26.3 Å². The first-order chi connectivity index (χ1) is 11.9. The average molecular weight is 397 g/mol. The molecule has 12 heteroatoms. The van der Waals surface area contributed by atoms with Crippen molar-refractivity contribution in [2.24, 2.45) is 0 Å². The summed E-state index contributed by atoms with van der Waals surface area (Å²) in [5.74, 6) is -1.37. The van der Waals surface area contributed by atoms with Gasteiger partial charge in [0.1, 0.15) is 4.88 Å². The number of benzene rings is 1. The predicted molar refractivity (Wildman–Crippen MR) is 79.8 cm³/mol. The maximum Gasteiger partial charge on any atom is 0.435 e. The molecule has 0 fully saturated rings. The fourth-order valence-corrected chi connectivity index (χ4v) is 2.70. The number of carbonyl (C=O) groups is 2. The Kier molecular flexibility index (Phi) is 5.26. The van der Waals surface area contributed by atoms with Crippen LogP contribution in [-0.4, -0.2) is 16.9 Å². The zero-order valence-corrected chi connectivity index (χ0v) is 13.6. The first-order valence-corrected chi connectivity index (χ1v) is 7.54. The minimum atomic E-state index is -4.89. The number of hydrogen-bond acceptors (Lipinski definition) is 4. The van der Waals surface area contributed by atoms with E-state index in [1.165, 1.54) is 6.92 Å². The van der Waals surface area contributed by atoms with E-state index in [0.717, 1.165) is 18.2 Å². The van der Waals surface area contributed by atoms with Gasteiger partial charge in [-0.05, 0) is 25.1 Å². The van der Waals surface area contributed by atoms with Crippen LogP contribution in [0.3, 0.4) is 0 Å². The van der Waals surface area contributed by atoms with Crippen LogP contribution in [0.1, 0.15) is 25.9 Å². The largest absolute Gasteiger partial charge is 0.435 e. The van der Waals surface area contributed by atoms with E-state index < -0.39 is 40.4 Å². The van der Waals surface area contributed by atoms with Crippen molar-refractivity contribution >= 4 is 29.0 Å². The number of carbonyl (C=O) groups excluding carboxylic acids is 2. The number of nitrogens with zero attached hydrogens (tertiary/aromatic N) is 1. The maximum atomic E-state index is 12.8. The highest BCUT2D eigenvalue weighted by Gasteiger charge is 2.39. The van der Waals surface area contributed by atoms with Crippen LogP contribution in [0.15, 0.2) is 24.3 Å². The number of urea groups is 1. The Morgan fingerprint density at radius 2 is 1.73 bits per heavy atom. The van der Waals surface area contributed by atoms with Gasteiger partial charge >= 0.3 is 18.4 Å². The van der Waals surface area contributed by atoms with E-state index in [0.29, 0.717) is 17.4 Å². The smallest absolute Gasteiger partial charge is 0.308 e. The average Bonchev–Trinajstić information content (AvgIpc) is 2.89. The van der Waals surface area contributed by atoms with Crippen molar-refractivity contribution < 1.29 is 35.9 Å². The van der Waals surface area contributed by atoms with Gasteiger partial charge in [0, 0.05) is 5.69 Å². The lowest BCUT2D eigenvalue weighted by atomic mass is 10.2. The number of imide groups is 1. The number of aryl methyl sites for hydroxylation is 1. The number of aromatic nitrogens is 1. The molecule has 0 saturated heterocycles. The minimum Gasteiger partial charge on any atom is -0.308 e. The van der Waals surface area contributed by atoms with Crippen LogP contribution < -0.4 is 10.6 Å². The molecule has 3 amide bonds. The van der Waals surface area contributed by atoms with Gasteiger partial charge in [0.15, 0.2) is 5.69 Å². The summed E-state index contributed by atoms with van der Waals surface area (Å²) < 4.78 is 76.3. The van der Waals surface area contributed by atoms with E-state index in [4.69, 9.17) is 0 Å². The highest BCUT2D eigenvalue weighted by atomic mass is 32.1. The van der Waals surface area contributed by atoms with Crippen LogP contribution in [0.4, 0.5) is 36.8 Å². The van der Waals surface area contributed by atoms with Gasteiger partial charge in [0.2, 0.25) is 0 Å². The number of nitrogens with one attached hydrogen (secondary N) is 2. The standard InChI is InChI=1S/C14H9F6N3O2S/c1-6-21-10(14(18,19)20)9(26-6)11(24)23-12(25)22-8-4-2-3-7(5-8)13(15,16)17/h2-5H,1H3,(H2,22,23,24,25). The number of alkyl halides is 6. The number of anilines is 1. The number of thiazole rings is 1. The Morgan fingerprint density at radius 3 is 2.31 bits per heavy atom. The highest BCUT2D eigenvalue weighted by molar-refractivity contribution is 7.13. The van der Waals surface area contributed by atoms with Crippen molar-refractivity contribution in [2.75, 3.05) is 5.32 Å². The molecule has 1 aromatic carbocycles. The van der Waals surface area contributed by atoms with Crippen LogP contribution in [0.5, 0.6) is 0 Å². The molecule has 0 aliphatic rings. The quantitative estimate of drug-likeness (QED) is 0.736. The number of halogens is 6. The Bertz CT molecular complexity index is 844. The van der Waals surface area contributed by atoms with Crippen molar-refractivity contribution in [3.05, 3.63) is 45.4 Å². The molecule has 1 aromatic heterocycles. The fourth-order valence-electron chi connectivity index (χ4n) is 1.87. The molecule has 2 N–H and O–H groups in total. The van der Waals surface area contributed by atoms with Gasteiger partial charge in [0.05, 0.1) is 10.6 Å². The van der Waals surface area contributed by atoms with E-state index in [1.807, 2.05) is 5.32 Å². The van der Waals surface area contributed by atoms with Crippen LogP contribution in [0, 0.1) is 6.92 Å². The first kappa shape index (κ1) is 19.7. The van der Waals surface area contributed by atoms with Crippen molar-refractivity contribution in [1.82, 2.24) is 10.3 Å². The summed E-state index contributed by atoms with van der Waals surface area (Å²) in [5.41, 5.74) is -2.77. The topological polar surface area (TPSA) is 71.1 Å². The van der Waals surface area contributed by atoms with E-state index in [1.54, 1.807) is 5.32 Å². The van der Waals surface area contributed by atoms with Gasteiger partial charge in [-0.1, -0.05) is 6.07 Å². The molecule has 0 unspecified atom stereocenters. The zero-order chi connectivity index (χ0) is 19.7. The van der Waals surface area contributed by atoms with Gasteiger partial charge in [-0.3, -0.25) is 10.1 Å². The second kappa shape index (κ2) is 6.94. The SMILES string of the molecule is Cc1nc(C(F)(F)F)c(C(=O)NC(=O)Nc2cccc(C(F)(F)F)c2)s1. The van der Waals surface area contributed by atoms with E-state index >= 15 is 0 Å². The lowest BCUT2D eigenvalue weighted by molar-refractivity contribution is -0.141. The molecule has 140 valence electrons. The molecular formula is C14H9F6N3O2S. The molecule has 1 heterocycles. The zero-order valence-electron chi connectivity index (χ0n) is 12.7. The third-order valence-corrected chi connectivity index (χ3v) is 3.85. The van der Waals surface area contributed by atoms with Crippen molar-refractivity contribution in [1.29, 1.82) is 0 Å². The van der Waals surface area contributed by atoms with Crippen LogP contribution in [0.25, 0.3) is 0 Å². The first-order valence-electron chi connectivity index (χ1n) is 6.72. The molecule has 2 rings (SSSR count). The van der Waals surface area contributed by atoms with E-state index in [2.05, 4.69) is 4.98 Å². The lowest BCUT2D eigenvalue weighted by Crippen LogP contribution is -2.35. The van der Waals surface area contributed by atoms with Crippen molar-refractivity contribution in [2.45, 2.75) is 19.3 Å². The molecule has 0 atom stereocenters. The molecule has 0 aliphatic heterocycles. The summed E-state index contributed by atoms with van der Waals surface area (Å²) in [4.78, 5) is 26.0. The normalized spacial score (nSPS) is 12.0. The summed E-state index contributed by atoms with van der Waals surface area (Å²) in [6.45, 7) is 1.25. The molecule has 0 aliphatic carbocycles. The predicted octanol–water partition coefficient (Wildman–Crippen LogP) is 4.45. The van der Waals surface area contributed by atoms with Gasteiger partial charge < -0.3 is 5.32 Å². The Morgan fingerprint density at radius 1 is 1.08 bits per heavy atom. The highest BCUT2D eigenvalue weighted by Crippen LogP contribution is 2.34. The Labute approximate surface area is 146 Å². The van der Waals surface area contributed by atoms with Crippen molar-refractivity contribution in [3.8, 4) is 0 Å². The van der Waals surface area contributed by atoms with Crippen molar-refractivity contribution in [3.63, 3.8) is 0 Å². The molecule has 2 aromatic rings. The second-order valence-corrected chi connectivity index (χ2v) is 6.10. The summed E-state index contributed by atoms with van der Waals surface area (Å²) in [6, 6.07) is 2.24. The monoisotopic (exact) mass is 397 g/mol. The third-order valence-electron chi connectivity index (χ3n) is 2.88. The Balaban J connectivity index is 2.13. The van der Waals surface area contributed by atoms with E-state index in [-0.39, 0.29) is 10.7 Å². The number of amides is 3. The third kappa shape index (κ3) is 4.71. The molecule has 5 nitrogen and oxygen atoms in total. The molecule has 0 saturated carbocycles. The summed E-state index contributed by atoms with van der Waals surface area (Å²) in [6.07, 6.45) is -9.54. The minimum absolute atomic E-state index is 0.0410. The van der Waals surface area contributed by atoms with Gasteiger partial charge in [0.25, 0.3) is 5.91 Å². The molecule has 0 radical (unpaired) electrons. The molecule has 0 bridgehead atoms. The number of hydrogen-bond donors (Lipinski definition) is 2. The molecule has 0 spiro atoms. The summed E-state index contributed by atoms with van der Waals surface area (Å²) >= 11 is 0.432. The number of rotatable bonds is 2. The van der Waals surface area contributed by atoms with Crippen LogP contribution in [-0.2, 0) is 12.4 Å². The van der Waals surface area contributed by atoms with Gasteiger partial charge in [-0.15, -0.1) is 11.3 Å². The summed E-state index contributed by atoms with van der Waals surface area (Å²) in [7, 11) is 0. The second-order valence-electron chi connectivity index (χ2n) is 4.90. The Hall–Kier alpha value is -2.63. The molecule has 26 heavy (non-hydrogen) atoms. The van der Waals surface area contributed by atoms with Gasteiger partial charge in [-0.25, -0.2) is 9.78 Å². The summed E-state index contributed by atoms with van der Waals surface area (Å²) in [5, 5.41) is 3.54. The lowest BCUT2D eigenvalue weighted by Gasteiger charge is -2.10. The fraction of sp³-hybridized carbons (Fsp3) is 0.214. The van der Waals surface area contributed by atoms with Crippen LogP contribution in [0.2, 0.25) is 0 Å².